The fraction of sp³-hybridized carbons (Fsp3) is 0.500. The number of ether oxygens (including phenoxy) is 1. The first-order valence-corrected chi connectivity index (χ1v) is 5.80. The highest BCUT2D eigenvalue weighted by Gasteiger charge is 2.33. The lowest BCUT2D eigenvalue weighted by Crippen LogP contribution is -2.32. The van der Waals surface area contributed by atoms with E-state index in [2.05, 4.69) is 0 Å². The Morgan fingerprint density at radius 3 is 2.72 bits per heavy atom. The predicted molar refractivity (Wildman–Crippen MR) is 62.0 cm³/mol. The maximum Gasteiger partial charge on any atom is 0.314 e. The lowest BCUT2D eigenvalue weighted by atomic mass is 10.0. The number of nitrogens with zero attached hydrogens (tertiary/aromatic N) is 1. The summed E-state index contributed by atoms with van der Waals surface area (Å²) in [4.78, 5) is 10.0. The van der Waals surface area contributed by atoms with E-state index in [9.17, 15) is 19.6 Å². The number of rotatable bonds is 4. The zero-order valence-corrected chi connectivity index (χ0v) is 9.76. The summed E-state index contributed by atoms with van der Waals surface area (Å²) < 4.78 is 18.6. The molecule has 1 aliphatic carbocycles. The van der Waals surface area contributed by atoms with E-state index >= 15 is 0 Å². The van der Waals surface area contributed by atoms with E-state index in [1.54, 1.807) is 0 Å². The summed E-state index contributed by atoms with van der Waals surface area (Å²) in [6, 6.07) is 3.53. The van der Waals surface area contributed by atoms with Crippen molar-refractivity contribution < 1.29 is 19.2 Å². The Morgan fingerprint density at radius 1 is 1.44 bits per heavy atom. The van der Waals surface area contributed by atoms with Crippen molar-refractivity contribution in [2.45, 2.75) is 31.3 Å². The monoisotopic (exact) mass is 255 g/mol. The van der Waals surface area contributed by atoms with Gasteiger partial charge in [0.1, 0.15) is 6.61 Å². The highest BCUT2D eigenvalue weighted by Crippen LogP contribution is 2.34. The highest BCUT2D eigenvalue weighted by molar-refractivity contribution is 5.46. The molecule has 1 N–H and O–H groups in total. The minimum atomic E-state index is -0.990. The highest BCUT2D eigenvalue weighted by atomic mass is 19.1. The Balaban J connectivity index is 2.15. The molecule has 0 spiro atoms. The maximum absolute atomic E-state index is 13.5. The molecule has 0 heterocycles. The summed E-state index contributed by atoms with van der Waals surface area (Å²) in [6.45, 7) is -0.116. The van der Waals surface area contributed by atoms with Crippen LogP contribution in [0, 0.1) is 15.9 Å². The van der Waals surface area contributed by atoms with Crippen LogP contribution < -0.4 is 4.74 Å². The Hall–Kier alpha value is -1.69. The van der Waals surface area contributed by atoms with Crippen LogP contribution in [0.2, 0.25) is 0 Å². The standard InChI is InChI=1S/C12H14FNO4/c13-9-4-3-5-10(14(16)17)11(9)18-8-12(15)6-1-2-7-12/h3-5,15H,1-2,6-8H2. The molecule has 1 aromatic rings. The lowest BCUT2D eigenvalue weighted by Gasteiger charge is -2.22. The van der Waals surface area contributed by atoms with Crippen molar-refractivity contribution in [2.24, 2.45) is 0 Å². The van der Waals surface area contributed by atoms with Crippen molar-refractivity contribution in [1.29, 1.82) is 0 Å². The number of para-hydroxylation sites is 1. The first-order chi connectivity index (χ1) is 8.52. The molecule has 6 heteroatoms. The molecule has 1 aromatic carbocycles. The summed E-state index contributed by atoms with van der Waals surface area (Å²) >= 11 is 0. The second-order valence-corrected chi connectivity index (χ2v) is 4.57. The van der Waals surface area contributed by atoms with Crippen molar-refractivity contribution >= 4 is 5.69 Å². The van der Waals surface area contributed by atoms with E-state index in [4.69, 9.17) is 4.74 Å². The molecule has 0 saturated heterocycles. The van der Waals surface area contributed by atoms with Gasteiger partial charge in [0.25, 0.3) is 0 Å². The molecule has 1 saturated carbocycles. The summed E-state index contributed by atoms with van der Waals surface area (Å²) in [5.74, 6) is -1.19. The lowest BCUT2D eigenvalue weighted by molar-refractivity contribution is -0.386. The molecular weight excluding hydrogens is 241 g/mol. The van der Waals surface area contributed by atoms with Gasteiger partial charge in [0.2, 0.25) is 5.75 Å². The van der Waals surface area contributed by atoms with Crippen molar-refractivity contribution in [3.8, 4) is 5.75 Å². The van der Waals surface area contributed by atoms with E-state index < -0.39 is 27.8 Å². The number of nitro groups is 1. The van der Waals surface area contributed by atoms with Crippen LogP contribution in [-0.2, 0) is 0 Å². The molecule has 0 bridgehead atoms. The smallest absolute Gasteiger partial charge is 0.314 e. The Labute approximate surface area is 103 Å². The van der Waals surface area contributed by atoms with Gasteiger partial charge in [0, 0.05) is 6.07 Å². The maximum atomic E-state index is 13.5. The fourth-order valence-corrected chi connectivity index (χ4v) is 2.17. The topological polar surface area (TPSA) is 72.6 Å². The summed E-state index contributed by atoms with van der Waals surface area (Å²) in [5.41, 5.74) is -1.41. The summed E-state index contributed by atoms with van der Waals surface area (Å²) in [7, 11) is 0. The molecule has 0 aromatic heterocycles. The van der Waals surface area contributed by atoms with E-state index in [1.807, 2.05) is 0 Å². The zero-order valence-electron chi connectivity index (χ0n) is 9.76. The van der Waals surface area contributed by atoms with Gasteiger partial charge in [0.15, 0.2) is 5.82 Å². The second kappa shape index (κ2) is 4.89. The van der Waals surface area contributed by atoms with Gasteiger partial charge in [-0.05, 0) is 18.9 Å². The van der Waals surface area contributed by atoms with Crippen LogP contribution in [0.4, 0.5) is 10.1 Å². The molecule has 98 valence electrons. The summed E-state index contributed by atoms with van der Waals surface area (Å²) in [5, 5.41) is 20.8. The van der Waals surface area contributed by atoms with Crippen molar-refractivity contribution in [1.82, 2.24) is 0 Å². The van der Waals surface area contributed by atoms with Gasteiger partial charge in [-0.3, -0.25) is 10.1 Å². The SMILES string of the molecule is O=[N+]([O-])c1cccc(F)c1OCC1(O)CCCC1. The van der Waals surface area contributed by atoms with Gasteiger partial charge in [-0.15, -0.1) is 0 Å². The van der Waals surface area contributed by atoms with Crippen LogP contribution in [0.3, 0.4) is 0 Å². The van der Waals surface area contributed by atoms with Crippen molar-refractivity contribution in [3.63, 3.8) is 0 Å². The third-order valence-electron chi connectivity index (χ3n) is 3.16. The Bertz CT molecular complexity index is 457. The van der Waals surface area contributed by atoms with Crippen molar-refractivity contribution in [3.05, 3.63) is 34.1 Å². The van der Waals surface area contributed by atoms with E-state index in [0.29, 0.717) is 12.8 Å². The van der Waals surface area contributed by atoms with Gasteiger partial charge >= 0.3 is 5.69 Å². The number of hydrogen-bond acceptors (Lipinski definition) is 4. The number of nitro benzene ring substituents is 1. The molecule has 0 atom stereocenters. The van der Waals surface area contributed by atoms with E-state index in [1.165, 1.54) is 12.1 Å². The van der Waals surface area contributed by atoms with Crippen LogP contribution in [0.1, 0.15) is 25.7 Å². The van der Waals surface area contributed by atoms with E-state index in [-0.39, 0.29) is 6.61 Å². The quantitative estimate of drug-likeness (QED) is 0.662. The van der Waals surface area contributed by atoms with Crippen molar-refractivity contribution in [2.75, 3.05) is 6.61 Å². The minimum absolute atomic E-state index is 0.116. The van der Waals surface area contributed by atoms with Crippen LogP contribution in [0.15, 0.2) is 18.2 Å². The Kier molecular flexibility index (Phi) is 3.47. The third kappa shape index (κ3) is 2.59. The molecule has 2 rings (SSSR count). The van der Waals surface area contributed by atoms with Gasteiger partial charge in [-0.2, -0.15) is 0 Å². The Morgan fingerprint density at radius 2 is 2.11 bits per heavy atom. The van der Waals surface area contributed by atoms with Crippen LogP contribution >= 0.6 is 0 Å². The molecule has 0 aliphatic heterocycles. The fourth-order valence-electron chi connectivity index (χ4n) is 2.17. The average Bonchev–Trinajstić information content (AvgIpc) is 2.74. The number of benzene rings is 1. The van der Waals surface area contributed by atoms with Gasteiger partial charge in [-0.25, -0.2) is 4.39 Å². The number of hydrogen-bond donors (Lipinski definition) is 1. The van der Waals surface area contributed by atoms with Gasteiger partial charge in [0.05, 0.1) is 10.5 Å². The molecule has 1 fully saturated rings. The summed E-state index contributed by atoms with van der Waals surface area (Å²) in [6.07, 6.45) is 2.93. The predicted octanol–water partition coefficient (Wildman–Crippen LogP) is 2.42. The largest absolute Gasteiger partial charge is 0.482 e. The number of halogens is 1. The minimum Gasteiger partial charge on any atom is -0.482 e. The number of aliphatic hydroxyl groups is 1. The van der Waals surface area contributed by atoms with Crippen LogP contribution in [0.25, 0.3) is 0 Å². The zero-order chi connectivity index (χ0) is 13.2. The second-order valence-electron chi connectivity index (χ2n) is 4.57. The molecule has 0 radical (unpaired) electrons. The van der Waals surface area contributed by atoms with Crippen LogP contribution in [0.5, 0.6) is 5.75 Å². The molecule has 0 amide bonds. The molecule has 18 heavy (non-hydrogen) atoms. The average molecular weight is 255 g/mol. The normalized spacial score (nSPS) is 17.7. The third-order valence-corrected chi connectivity index (χ3v) is 3.16. The first kappa shape index (κ1) is 12.8. The first-order valence-electron chi connectivity index (χ1n) is 5.80. The molecule has 1 aliphatic rings. The van der Waals surface area contributed by atoms with E-state index in [0.717, 1.165) is 18.9 Å². The van der Waals surface area contributed by atoms with Crippen LogP contribution in [-0.4, -0.2) is 22.2 Å². The molecule has 5 nitrogen and oxygen atoms in total. The molecule has 0 unspecified atom stereocenters. The van der Waals surface area contributed by atoms with Gasteiger partial charge < -0.3 is 9.84 Å². The van der Waals surface area contributed by atoms with Gasteiger partial charge in [-0.1, -0.05) is 18.9 Å². The molecular formula is C12H14FNO4.